The van der Waals surface area contributed by atoms with Gasteiger partial charge in [-0.05, 0) is 0 Å². The molecule has 0 saturated carbocycles. The summed E-state index contributed by atoms with van der Waals surface area (Å²) < 4.78 is 0. The van der Waals surface area contributed by atoms with E-state index in [9.17, 15) is 0 Å². The molecule has 1 aliphatic heterocycles. The predicted molar refractivity (Wildman–Crippen MR) is 30.5 cm³/mol. The van der Waals surface area contributed by atoms with Gasteiger partial charge in [0.25, 0.3) is 0 Å². The Labute approximate surface area is 48.1 Å². The zero-order valence-corrected chi connectivity index (χ0v) is 4.20. The van der Waals surface area contributed by atoms with Crippen LogP contribution in [0.3, 0.4) is 0 Å². The average molecular weight is 104 g/mol. The van der Waals surface area contributed by atoms with Crippen LogP contribution in [0.25, 0.3) is 5.32 Å². The maximum Gasteiger partial charge on any atom is 0.116 e. The molecule has 0 N–H and O–H groups in total. The van der Waals surface area contributed by atoms with E-state index in [2.05, 4.69) is 5.32 Å². The van der Waals surface area contributed by atoms with Crippen LogP contribution in [-0.4, -0.2) is 0 Å². The summed E-state index contributed by atoms with van der Waals surface area (Å²) in [6, 6.07) is 1.99. The van der Waals surface area contributed by atoms with E-state index in [0.29, 0.717) is 5.92 Å². The molecule has 0 aromatic heterocycles. The topological polar surface area (TPSA) is 37.9 Å². The molecule has 2 heteroatoms. The van der Waals surface area contributed by atoms with Gasteiger partial charge < -0.3 is 5.32 Å². The van der Waals surface area contributed by atoms with E-state index in [1.807, 2.05) is 6.07 Å². The van der Waals surface area contributed by atoms with Crippen molar-refractivity contribution in [1.29, 1.82) is 5.26 Å². The van der Waals surface area contributed by atoms with Crippen molar-refractivity contribution in [3.63, 3.8) is 0 Å². The minimum Gasteiger partial charge on any atom is -0.671 e. The standard InChI is InChI=1S/C6H4N2/c7-5-6-1-3-8-4-2-6/h1-4H/q-1. The first-order chi connectivity index (χ1) is 3.93. The first kappa shape index (κ1) is 4.92. The summed E-state index contributed by atoms with van der Waals surface area (Å²) in [5.74, 6) is 0.653. The zero-order valence-electron chi connectivity index (χ0n) is 4.20. The molecular formula is C6H4N2-. The Morgan fingerprint density at radius 2 is 2.00 bits per heavy atom. The van der Waals surface area contributed by atoms with E-state index < -0.39 is 0 Å². The van der Waals surface area contributed by atoms with Gasteiger partial charge in [-0.15, -0.1) is 0 Å². The maximum atomic E-state index is 8.26. The van der Waals surface area contributed by atoms with Crippen molar-refractivity contribution in [2.75, 3.05) is 0 Å². The fourth-order valence-corrected chi connectivity index (χ4v) is 0.426. The van der Waals surface area contributed by atoms with Gasteiger partial charge in [0.15, 0.2) is 0 Å². The van der Waals surface area contributed by atoms with Crippen molar-refractivity contribution in [2.24, 2.45) is 0 Å². The maximum absolute atomic E-state index is 8.26. The Kier molecular flexibility index (Phi) is 1.34. The van der Waals surface area contributed by atoms with Gasteiger partial charge >= 0.3 is 0 Å². The van der Waals surface area contributed by atoms with Gasteiger partial charge in [-0.2, -0.15) is 17.7 Å². The molecule has 0 aliphatic carbocycles. The molecular weight excluding hydrogens is 100 g/mol. The van der Waals surface area contributed by atoms with Crippen molar-refractivity contribution in [3.8, 4) is 6.07 Å². The van der Waals surface area contributed by atoms with E-state index in [-0.39, 0.29) is 0 Å². The normalized spacial score (nSPS) is 17.4. The number of rotatable bonds is 0. The molecule has 8 heavy (non-hydrogen) atoms. The lowest BCUT2D eigenvalue weighted by atomic mass is 10.1. The van der Waals surface area contributed by atoms with Crippen LogP contribution in [-0.2, 0) is 0 Å². The van der Waals surface area contributed by atoms with E-state index >= 15 is 0 Å². The minimum absolute atomic E-state index is 0.653. The van der Waals surface area contributed by atoms with Crippen molar-refractivity contribution >= 4 is 0 Å². The summed E-state index contributed by atoms with van der Waals surface area (Å²) in [5, 5.41) is 12.0. The van der Waals surface area contributed by atoms with Crippen LogP contribution >= 0.6 is 0 Å². The van der Waals surface area contributed by atoms with Gasteiger partial charge in [0, 0.05) is 0 Å². The molecule has 0 aromatic carbocycles. The van der Waals surface area contributed by atoms with Crippen molar-refractivity contribution in [2.45, 2.75) is 0 Å². The molecule has 0 aromatic rings. The fourth-order valence-electron chi connectivity index (χ4n) is 0.426. The molecule has 0 saturated heterocycles. The van der Waals surface area contributed by atoms with Crippen LogP contribution in [0.1, 0.15) is 0 Å². The van der Waals surface area contributed by atoms with Crippen molar-refractivity contribution in [1.82, 2.24) is 0 Å². The number of nitriles is 1. The third-order valence-corrected chi connectivity index (χ3v) is 0.809. The number of hydrogen-bond donors (Lipinski definition) is 0. The Hall–Kier alpha value is -1.23. The molecule has 1 heterocycles. The summed E-state index contributed by atoms with van der Waals surface area (Å²) in [6.07, 6.45) is 6.52. The Balaban J connectivity index is 2.58. The lowest BCUT2D eigenvalue weighted by molar-refractivity contribution is 1.39. The third-order valence-electron chi connectivity index (χ3n) is 0.809. The van der Waals surface area contributed by atoms with Crippen LogP contribution in [0.2, 0.25) is 0 Å². The quantitative estimate of drug-likeness (QED) is 0.459. The molecule has 0 atom stereocenters. The zero-order chi connectivity index (χ0) is 5.82. The SMILES string of the molecule is N#C[C]1C=C[N-]C=C1. The first-order valence-electron chi connectivity index (χ1n) is 2.23. The van der Waals surface area contributed by atoms with Gasteiger partial charge in [-0.1, -0.05) is 12.2 Å². The van der Waals surface area contributed by atoms with E-state index in [4.69, 9.17) is 5.26 Å². The highest BCUT2D eigenvalue weighted by Crippen LogP contribution is 2.10. The highest BCUT2D eigenvalue weighted by Gasteiger charge is 1.93. The molecule has 0 bridgehead atoms. The number of allylic oxidation sites excluding steroid dienone is 2. The summed E-state index contributed by atoms with van der Waals surface area (Å²) >= 11 is 0. The second kappa shape index (κ2) is 2.17. The minimum atomic E-state index is 0.653. The smallest absolute Gasteiger partial charge is 0.116 e. The number of hydrogen-bond acceptors (Lipinski definition) is 1. The Morgan fingerprint density at radius 1 is 1.38 bits per heavy atom. The van der Waals surface area contributed by atoms with Gasteiger partial charge in [-0.3, -0.25) is 0 Å². The van der Waals surface area contributed by atoms with Crippen molar-refractivity contribution in [3.05, 3.63) is 35.8 Å². The van der Waals surface area contributed by atoms with Gasteiger partial charge in [0.2, 0.25) is 0 Å². The Bertz CT molecular complexity index is 150. The highest BCUT2D eigenvalue weighted by molar-refractivity contribution is 5.42. The summed E-state index contributed by atoms with van der Waals surface area (Å²) in [5.41, 5.74) is 0. The average Bonchev–Trinajstić information content (AvgIpc) is 1.90. The third kappa shape index (κ3) is 0.881. The molecule has 1 aliphatic rings. The van der Waals surface area contributed by atoms with E-state index in [0.717, 1.165) is 0 Å². The predicted octanol–water partition coefficient (Wildman–Crippen LogP) is 1.50. The van der Waals surface area contributed by atoms with Gasteiger partial charge in [0.05, 0.1) is 6.07 Å². The molecule has 1 radical (unpaired) electrons. The number of nitrogens with zero attached hydrogens (tertiary/aromatic N) is 2. The summed E-state index contributed by atoms with van der Waals surface area (Å²) in [4.78, 5) is 0. The summed E-state index contributed by atoms with van der Waals surface area (Å²) in [7, 11) is 0. The van der Waals surface area contributed by atoms with Crippen LogP contribution in [0, 0.1) is 17.2 Å². The van der Waals surface area contributed by atoms with Crippen molar-refractivity contribution < 1.29 is 0 Å². The van der Waals surface area contributed by atoms with Crippen LogP contribution in [0.5, 0.6) is 0 Å². The van der Waals surface area contributed by atoms with Gasteiger partial charge in [0.1, 0.15) is 5.92 Å². The molecule has 0 spiro atoms. The van der Waals surface area contributed by atoms with Crippen LogP contribution < -0.4 is 0 Å². The lowest BCUT2D eigenvalue weighted by Crippen LogP contribution is -1.84. The van der Waals surface area contributed by atoms with Crippen LogP contribution in [0.4, 0.5) is 0 Å². The second-order valence-corrected chi connectivity index (χ2v) is 1.35. The molecule has 0 unspecified atom stereocenters. The molecule has 0 fully saturated rings. The Morgan fingerprint density at radius 3 is 2.38 bits per heavy atom. The molecule has 1 rings (SSSR count). The highest BCUT2D eigenvalue weighted by atomic mass is 14.8. The van der Waals surface area contributed by atoms with Gasteiger partial charge in [-0.25, -0.2) is 0 Å². The molecule has 0 amide bonds. The molecule has 2 nitrogen and oxygen atoms in total. The fraction of sp³-hybridized carbons (Fsp3) is 0. The van der Waals surface area contributed by atoms with E-state index in [1.54, 1.807) is 24.6 Å². The second-order valence-electron chi connectivity index (χ2n) is 1.35. The summed E-state index contributed by atoms with van der Waals surface area (Å²) in [6.45, 7) is 0. The monoisotopic (exact) mass is 104 g/mol. The van der Waals surface area contributed by atoms with Crippen LogP contribution in [0.15, 0.2) is 24.6 Å². The molecule has 39 valence electrons. The van der Waals surface area contributed by atoms with E-state index in [1.165, 1.54) is 0 Å². The lowest BCUT2D eigenvalue weighted by Gasteiger charge is -2.12. The first-order valence-corrected chi connectivity index (χ1v) is 2.23. The largest absolute Gasteiger partial charge is 0.671 e.